The van der Waals surface area contributed by atoms with Gasteiger partial charge in [-0.15, -0.1) is 0 Å². The number of carbonyl (C=O) groups excluding carboxylic acids is 2. The third kappa shape index (κ3) is 4.30. The van der Waals surface area contributed by atoms with Gasteiger partial charge in [-0.25, -0.2) is 4.98 Å². The van der Waals surface area contributed by atoms with Crippen molar-refractivity contribution in [1.82, 2.24) is 14.9 Å². The number of amides is 2. The SMILES string of the molecule is COCC1(C(=O)N2Cc3nc(NC(=O)c4cnc(C)cc4-c4ccccc4OC)sc3C2)CCC1. The number of para-hydroxylation sites is 1. The van der Waals surface area contributed by atoms with Crippen molar-refractivity contribution in [2.45, 2.75) is 39.3 Å². The van der Waals surface area contributed by atoms with Gasteiger partial charge in [0.2, 0.25) is 5.91 Å². The van der Waals surface area contributed by atoms with Crippen molar-refractivity contribution in [3.63, 3.8) is 0 Å². The molecule has 1 aliphatic heterocycles. The highest BCUT2D eigenvalue weighted by Gasteiger charge is 2.47. The van der Waals surface area contributed by atoms with Crippen LogP contribution in [0.2, 0.25) is 0 Å². The summed E-state index contributed by atoms with van der Waals surface area (Å²) in [4.78, 5) is 38.2. The van der Waals surface area contributed by atoms with Crippen LogP contribution in [0.15, 0.2) is 36.5 Å². The second kappa shape index (κ2) is 9.39. The van der Waals surface area contributed by atoms with Crippen LogP contribution in [0.4, 0.5) is 5.13 Å². The maximum absolute atomic E-state index is 13.3. The predicted molar refractivity (Wildman–Crippen MR) is 133 cm³/mol. The molecule has 5 rings (SSSR count). The fraction of sp³-hybridized carbons (Fsp3) is 0.385. The number of hydrogen-bond acceptors (Lipinski definition) is 7. The zero-order valence-electron chi connectivity index (χ0n) is 20.1. The van der Waals surface area contributed by atoms with Gasteiger partial charge in [0, 0.05) is 30.1 Å². The Morgan fingerprint density at radius 3 is 2.66 bits per heavy atom. The van der Waals surface area contributed by atoms with E-state index in [9.17, 15) is 9.59 Å². The number of aryl methyl sites for hydroxylation is 1. The lowest BCUT2D eigenvalue weighted by Crippen LogP contribution is -2.48. The Labute approximate surface area is 208 Å². The first-order chi connectivity index (χ1) is 16.9. The van der Waals surface area contributed by atoms with Gasteiger partial charge >= 0.3 is 0 Å². The first-order valence-corrected chi connectivity index (χ1v) is 12.4. The van der Waals surface area contributed by atoms with Crippen LogP contribution in [0, 0.1) is 12.3 Å². The van der Waals surface area contributed by atoms with Crippen molar-refractivity contribution in [2.75, 3.05) is 26.1 Å². The zero-order chi connectivity index (χ0) is 24.6. The number of carbonyl (C=O) groups is 2. The van der Waals surface area contributed by atoms with Gasteiger partial charge in [0.1, 0.15) is 5.75 Å². The normalized spacial score (nSPS) is 15.9. The van der Waals surface area contributed by atoms with E-state index < -0.39 is 0 Å². The average Bonchev–Trinajstić information content (AvgIpc) is 3.39. The van der Waals surface area contributed by atoms with Crippen molar-refractivity contribution < 1.29 is 19.1 Å². The maximum atomic E-state index is 13.3. The Kier molecular flexibility index (Phi) is 6.29. The number of methoxy groups -OCH3 is 2. The molecule has 2 aliphatic rings. The van der Waals surface area contributed by atoms with Gasteiger partial charge in [0.15, 0.2) is 5.13 Å². The van der Waals surface area contributed by atoms with Gasteiger partial charge in [-0.1, -0.05) is 36.0 Å². The summed E-state index contributed by atoms with van der Waals surface area (Å²) in [5, 5.41) is 3.46. The number of nitrogens with one attached hydrogen (secondary N) is 1. The average molecular weight is 493 g/mol. The van der Waals surface area contributed by atoms with Crippen molar-refractivity contribution >= 4 is 28.3 Å². The Hall–Kier alpha value is -3.30. The molecule has 1 aliphatic carbocycles. The molecule has 0 radical (unpaired) electrons. The van der Waals surface area contributed by atoms with E-state index in [2.05, 4.69) is 15.3 Å². The van der Waals surface area contributed by atoms with Crippen molar-refractivity contribution in [2.24, 2.45) is 5.41 Å². The van der Waals surface area contributed by atoms with Crippen LogP contribution in [0.1, 0.15) is 45.9 Å². The molecule has 1 saturated carbocycles. The van der Waals surface area contributed by atoms with Crippen LogP contribution >= 0.6 is 11.3 Å². The van der Waals surface area contributed by atoms with Gasteiger partial charge in [0.05, 0.1) is 48.4 Å². The van der Waals surface area contributed by atoms with Gasteiger partial charge in [-0.3, -0.25) is 19.9 Å². The molecule has 0 saturated heterocycles. The molecule has 3 heterocycles. The minimum absolute atomic E-state index is 0.147. The van der Waals surface area contributed by atoms with E-state index in [1.54, 1.807) is 20.4 Å². The molecule has 1 N–H and O–H groups in total. The summed E-state index contributed by atoms with van der Waals surface area (Å²) < 4.78 is 10.8. The second-order valence-corrected chi connectivity index (χ2v) is 10.2. The summed E-state index contributed by atoms with van der Waals surface area (Å²) in [6.45, 7) is 3.33. The number of fused-ring (bicyclic) bond motifs is 1. The lowest BCUT2D eigenvalue weighted by molar-refractivity contribution is -0.152. The van der Waals surface area contributed by atoms with E-state index in [0.717, 1.165) is 46.7 Å². The molecule has 9 heteroatoms. The molecule has 8 nitrogen and oxygen atoms in total. The lowest BCUT2D eigenvalue weighted by Gasteiger charge is -2.41. The van der Waals surface area contributed by atoms with E-state index in [1.807, 2.05) is 42.2 Å². The Balaban J connectivity index is 1.33. The molecule has 0 atom stereocenters. The predicted octanol–water partition coefficient (Wildman–Crippen LogP) is 4.43. The standard InChI is InChI=1S/C26H28N4O4S/c1-16-11-18(17-7-4-5-8-21(17)34-3)19(12-27-16)23(31)29-25-28-20-13-30(14-22(20)35-25)24(32)26(15-33-2)9-6-10-26/h4-5,7-8,11-12H,6,9-10,13-15H2,1-3H3,(H,28,29,31). The first-order valence-electron chi connectivity index (χ1n) is 11.6. The lowest BCUT2D eigenvalue weighted by atomic mass is 9.68. The molecule has 2 aromatic heterocycles. The Morgan fingerprint density at radius 1 is 1.17 bits per heavy atom. The van der Waals surface area contributed by atoms with Gasteiger partial charge < -0.3 is 14.4 Å². The van der Waals surface area contributed by atoms with E-state index >= 15 is 0 Å². The molecule has 0 unspecified atom stereocenters. The summed E-state index contributed by atoms with van der Waals surface area (Å²) in [7, 11) is 3.26. The molecule has 1 fully saturated rings. The molecule has 0 spiro atoms. The topological polar surface area (TPSA) is 93.7 Å². The van der Waals surface area contributed by atoms with Crippen LogP contribution in [0.3, 0.4) is 0 Å². The molecule has 1 aromatic carbocycles. The number of hydrogen-bond donors (Lipinski definition) is 1. The molecule has 35 heavy (non-hydrogen) atoms. The molecule has 2 amide bonds. The van der Waals surface area contributed by atoms with Crippen molar-refractivity contribution in [3.05, 3.63) is 58.4 Å². The molecule has 0 bridgehead atoms. The van der Waals surface area contributed by atoms with E-state index in [-0.39, 0.29) is 17.2 Å². The van der Waals surface area contributed by atoms with E-state index in [0.29, 0.717) is 36.1 Å². The largest absolute Gasteiger partial charge is 0.496 e. The van der Waals surface area contributed by atoms with Gasteiger partial charge in [-0.05, 0) is 31.9 Å². The van der Waals surface area contributed by atoms with Crippen LogP contribution in [-0.4, -0.2) is 47.5 Å². The van der Waals surface area contributed by atoms with Gasteiger partial charge in [-0.2, -0.15) is 0 Å². The quantitative estimate of drug-likeness (QED) is 0.524. The molecular weight excluding hydrogens is 464 g/mol. The van der Waals surface area contributed by atoms with Crippen molar-refractivity contribution in [3.8, 4) is 16.9 Å². The summed E-state index contributed by atoms with van der Waals surface area (Å²) in [5.41, 5.74) is 3.28. The summed E-state index contributed by atoms with van der Waals surface area (Å²) in [6.07, 6.45) is 4.39. The highest BCUT2D eigenvalue weighted by molar-refractivity contribution is 7.16. The minimum Gasteiger partial charge on any atom is -0.496 e. The summed E-state index contributed by atoms with van der Waals surface area (Å²) in [6, 6.07) is 9.48. The number of rotatable bonds is 7. The molecular formula is C26H28N4O4S. The molecule has 182 valence electrons. The van der Waals surface area contributed by atoms with Crippen LogP contribution in [0.5, 0.6) is 5.75 Å². The second-order valence-electron chi connectivity index (χ2n) is 9.14. The highest BCUT2D eigenvalue weighted by atomic mass is 32.1. The first kappa shape index (κ1) is 23.4. The summed E-state index contributed by atoms with van der Waals surface area (Å²) >= 11 is 1.41. The molecule has 3 aromatic rings. The van der Waals surface area contributed by atoms with Crippen LogP contribution < -0.4 is 10.1 Å². The van der Waals surface area contributed by atoms with Crippen LogP contribution in [0.25, 0.3) is 11.1 Å². The number of aromatic nitrogens is 2. The third-order valence-electron chi connectivity index (χ3n) is 6.83. The van der Waals surface area contributed by atoms with Crippen LogP contribution in [-0.2, 0) is 22.6 Å². The van der Waals surface area contributed by atoms with E-state index in [1.165, 1.54) is 11.3 Å². The fourth-order valence-corrected chi connectivity index (χ4v) is 5.85. The number of nitrogens with zero attached hydrogens (tertiary/aromatic N) is 3. The number of pyridine rings is 1. The monoisotopic (exact) mass is 492 g/mol. The maximum Gasteiger partial charge on any atom is 0.259 e. The third-order valence-corrected chi connectivity index (χ3v) is 7.83. The van der Waals surface area contributed by atoms with E-state index in [4.69, 9.17) is 9.47 Å². The van der Waals surface area contributed by atoms with Crippen molar-refractivity contribution in [1.29, 1.82) is 0 Å². The van der Waals surface area contributed by atoms with Gasteiger partial charge in [0.25, 0.3) is 5.91 Å². The fourth-order valence-electron chi connectivity index (χ4n) is 4.87. The Morgan fingerprint density at radius 2 is 1.97 bits per heavy atom. The minimum atomic E-state index is -0.382. The Bertz CT molecular complexity index is 1260. The number of anilines is 1. The number of thiazole rings is 1. The smallest absolute Gasteiger partial charge is 0.259 e. The number of ether oxygens (including phenoxy) is 2. The highest BCUT2D eigenvalue weighted by Crippen LogP contribution is 2.44. The zero-order valence-corrected chi connectivity index (χ0v) is 20.9. The number of benzene rings is 1. The summed E-state index contributed by atoms with van der Waals surface area (Å²) in [5.74, 6) is 0.545.